The normalized spacial score (nSPS) is 10.5. The van der Waals surface area contributed by atoms with Crippen LogP contribution >= 0.6 is 0 Å². The van der Waals surface area contributed by atoms with Gasteiger partial charge in [0.2, 0.25) is 0 Å². The van der Waals surface area contributed by atoms with Crippen LogP contribution in [0.4, 0.5) is 0 Å². The van der Waals surface area contributed by atoms with E-state index < -0.39 is 5.92 Å². The smallest absolute Gasteiger partial charge is 0.323 e. The third-order valence-corrected chi connectivity index (χ3v) is 3.98. The lowest BCUT2D eigenvalue weighted by molar-refractivity contribution is -0.135. The maximum absolute atomic E-state index is 12.8. The maximum atomic E-state index is 12.8. The zero-order valence-corrected chi connectivity index (χ0v) is 13.9. The minimum absolute atomic E-state index is 0.0238. The Labute approximate surface area is 146 Å². The molecule has 0 aromatic heterocycles. The molecule has 0 amide bonds. The Kier molecular flexibility index (Phi) is 5.05. The Bertz CT molecular complexity index is 813. The van der Waals surface area contributed by atoms with Gasteiger partial charge < -0.3 is 4.74 Å². The molecule has 0 aliphatic carbocycles. The zero-order valence-electron chi connectivity index (χ0n) is 13.9. The first-order chi connectivity index (χ1) is 12.1. The molecular formula is C22H18O3. The number of rotatable bonds is 5. The van der Waals surface area contributed by atoms with Gasteiger partial charge in [-0.15, -0.1) is 0 Å². The van der Waals surface area contributed by atoms with Crippen LogP contribution in [0.5, 0.6) is 5.75 Å². The number of ketones is 1. The van der Waals surface area contributed by atoms with Crippen molar-refractivity contribution < 1.29 is 14.3 Å². The Morgan fingerprint density at radius 2 is 1.20 bits per heavy atom. The Morgan fingerprint density at radius 3 is 1.64 bits per heavy atom. The maximum Gasteiger partial charge on any atom is 0.323 e. The third kappa shape index (κ3) is 4.01. The van der Waals surface area contributed by atoms with Crippen molar-refractivity contribution in [3.8, 4) is 5.75 Å². The lowest BCUT2D eigenvalue weighted by atomic mass is 9.91. The molecule has 3 rings (SSSR count). The molecule has 3 aromatic rings. The van der Waals surface area contributed by atoms with Crippen LogP contribution in [0.15, 0.2) is 84.9 Å². The van der Waals surface area contributed by atoms with Gasteiger partial charge in [-0.3, -0.25) is 9.59 Å². The van der Waals surface area contributed by atoms with Gasteiger partial charge in [0, 0.05) is 5.56 Å². The van der Waals surface area contributed by atoms with Gasteiger partial charge in [0.15, 0.2) is 5.78 Å². The van der Waals surface area contributed by atoms with Gasteiger partial charge in [-0.1, -0.05) is 60.7 Å². The topological polar surface area (TPSA) is 43.4 Å². The van der Waals surface area contributed by atoms with Gasteiger partial charge in [0.25, 0.3) is 0 Å². The summed E-state index contributed by atoms with van der Waals surface area (Å²) in [4.78, 5) is 24.2. The summed E-state index contributed by atoms with van der Waals surface area (Å²) < 4.78 is 5.57. The van der Waals surface area contributed by atoms with Gasteiger partial charge in [0.1, 0.15) is 11.7 Å². The van der Waals surface area contributed by atoms with E-state index in [0.29, 0.717) is 11.3 Å². The van der Waals surface area contributed by atoms with Gasteiger partial charge >= 0.3 is 5.97 Å². The summed E-state index contributed by atoms with van der Waals surface area (Å²) in [6.07, 6.45) is 0. The highest BCUT2D eigenvalue weighted by molar-refractivity contribution is 5.94. The second-order valence-corrected chi connectivity index (χ2v) is 5.76. The van der Waals surface area contributed by atoms with E-state index in [4.69, 9.17) is 4.74 Å². The third-order valence-electron chi connectivity index (χ3n) is 3.98. The second kappa shape index (κ2) is 7.58. The fourth-order valence-corrected chi connectivity index (χ4v) is 2.69. The van der Waals surface area contributed by atoms with E-state index in [-0.39, 0.29) is 11.8 Å². The van der Waals surface area contributed by atoms with Crippen LogP contribution in [-0.2, 0) is 4.79 Å². The monoisotopic (exact) mass is 330 g/mol. The number of ether oxygens (including phenoxy) is 1. The van der Waals surface area contributed by atoms with E-state index in [9.17, 15) is 9.59 Å². The molecule has 0 bridgehead atoms. The van der Waals surface area contributed by atoms with Crippen LogP contribution < -0.4 is 4.74 Å². The van der Waals surface area contributed by atoms with E-state index in [2.05, 4.69) is 0 Å². The van der Waals surface area contributed by atoms with Gasteiger partial charge in [0.05, 0.1) is 0 Å². The van der Waals surface area contributed by atoms with E-state index in [1.54, 1.807) is 24.3 Å². The Balaban J connectivity index is 1.88. The highest BCUT2D eigenvalue weighted by atomic mass is 16.5. The zero-order chi connectivity index (χ0) is 17.6. The molecule has 0 aliphatic rings. The number of esters is 1. The van der Waals surface area contributed by atoms with Crippen LogP contribution in [0.25, 0.3) is 0 Å². The van der Waals surface area contributed by atoms with Crippen LogP contribution in [-0.4, -0.2) is 11.8 Å². The molecule has 0 saturated heterocycles. The van der Waals surface area contributed by atoms with Crippen molar-refractivity contribution in [3.63, 3.8) is 0 Å². The minimum Gasteiger partial charge on any atom is -0.426 e. The minimum atomic E-state index is -0.505. The number of carbonyl (C=O) groups excluding carboxylic acids is 2. The molecule has 0 atom stereocenters. The molecule has 3 nitrogen and oxygen atoms in total. The number of hydrogen-bond donors (Lipinski definition) is 0. The van der Waals surface area contributed by atoms with E-state index in [1.807, 2.05) is 60.7 Å². The molecule has 0 spiro atoms. The van der Waals surface area contributed by atoms with Crippen LogP contribution in [0.3, 0.4) is 0 Å². The first-order valence-corrected chi connectivity index (χ1v) is 8.08. The van der Waals surface area contributed by atoms with Crippen LogP contribution in [0.2, 0.25) is 0 Å². The fourth-order valence-electron chi connectivity index (χ4n) is 2.69. The van der Waals surface area contributed by atoms with E-state index in [1.165, 1.54) is 6.92 Å². The standard InChI is InChI=1S/C22H18O3/c1-16(23)17-12-14-20(15-13-17)25-22(24)21(18-8-4-2-5-9-18)19-10-6-3-7-11-19/h2-15,21H,1H3. The van der Waals surface area contributed by atoms with Crippen molar-refractivity contribution in [2.75, 3.05) is 0 Å². The predicted molar refractivity (Wildman–Crippen MR) is 96.8 cm³/mol. The van der Waals surface area contributed by atoms with Crippen molar-refractivity contribution in [2.24, 2.45) is 0 Å². The molecule has 25 heavy (non-hydrogen) atoms. The van der Waals surface area contributed by atoms with Gasteiger partial charge in [-0.25, -0.2) is 0 Å². The summed E-state index contributed by atoms with van der Waals surface area (Å²) in [6, 6.07) is 25.7. The average Bonchev–Trinajstić information content (AvgIpc) is 2.64. The summed E-state index contributed by atoms with van der Waals surface area (Å²) in [5.41, 5.74) is 2.33. The van der Waals surface area contributed by atoms with Crippen LogP contribution in [0.1, 0.15) is 34.3 Å². The first-order valence-electron chi connectivity index (χ1n) is 8.08. The molecule has 0 aliphatic heterocycles. The quantitative estimate of drug-likeness (QED) is 0.389. The highest BCUT2D eigenvalue weighted by Crippen LogP contribution is 2.27. The Morgan fingerprint density at radius 1 is 0.720 bits per heavy atom. The van der Waals surface area contributed by atoms with Crippen molar-refractivity contribution in [3.05, 3.63) is 102 Å². The summed E-state index contributed by atoms with van der Waals surface area (Å²) in [5.74, 6) is -0.459. The van der Waals surface area contributed by atoms with Gasteiger partial charge in [-0.05, 0) is 42.3 Å². The number of Topliss-reactive ketones (excluding diaryl/α,β-unsaturated/α-hetero) is 1. The first kappa shape index (κ1) is 16.7. The molecule has 0 fully saturated rings. The van der Waals surface area contributed by atoms with E-state index >= 15 is 0 Å². The SMILES string of the molecule is CC(=O)c1ccc(OC(=O)C(c2ccccc2)c2ccccc2)cc1. The molecule has 0 saturated carbocycles. The highest BCUT2D eigenvalue weighted by Gasteiger charge is 2.24. The lowest BCUT2D eigenvalue weighted by Gasteiger charge is -2.17. The molecule has 3 heteroatoms. The number of benzene rings is 3. The molecule has 0 radical (unpaired) electrons. The average molecular weight is 330 g/mol. The van der Waals surface area contributed by atoms with Gasteiger partial charge in [-0.2, -0.15) is 0 Å². The molecule has 124 valence electrons. The molecule has 0 unspecified atom stereocenters. The summed E-state index contributed by atoms with van der Waals surface area (Å²) >= 11 is 0. The van der Waals surface area contributed by atoms with Crippen molar-refractivity contribution in [2.45, 2.75) is 12.8 Å². The Hall–Kier alpha value is -3.20. The van der Waals surface area contributed by atoms with Crippen molar-refractivity contribution in [1.29, 1.82) is 0 Å². The fraction of sp³-hybridized carbons (Fsp3) is 0.0909. The van der Waals surface area contributed by atoms with Crippen molar-refractivity contribution >= 4 is 11.8 Å². The largest absolute Gasteiger partial charge is 0.426 e. The summed E-state index contributed by atoms with van der Waals surface area (Å²) in [5, 5.41) is 0. The molecule has 3 aromatic carbocycles. The number of carbonyl (C=O) groups is 2. The molecule has 0 heterocycles. The summed E-state index contributed by atoms with van der Waals surface area (Å²) in [6.45, 7) is 1.50. The lowest BCUT2D eigenvalue weighted by Crippen LogP contribution is -2.20. The van der Waals surface area contributed by atoms with E-state index in [0.717, 1.165) is 11.1 Å². The van der Waals surface area contributed by atoms with Crippen LogP contribution in [0, 0.1) is 0 Å². The van der Waals surface area contributed by atoms with Crippen molar-refractivity contribution in [1.82, 2.24) is 0 Å². The molecule has 0 N–H and O–H groups in total. The number of hydrogen-bond acceptors (Lipinski definition) is 3. The summed E-state index contributed by atoms with van der Waals surface area (Å²) in [7, 11) is 0. The second-order valence-electron chi connectivity index (χ2n) is 5.76. The predicted octanol–water partition coefficient (Wildman–Crippen LogP) is 4.63. The molecular weight excluding hydrogens is 312 g/mol.